The first kappa shape index (κ1) is 7.47. The highest BCUT2D eigenvalue weighted by Crippen LogP contribution is 2.06. The molecule has 0 aliphatic heterocycles. The molecule has 0 radical (unpaired) electrons. The minimum absolute atomic E-state index is 0.350. The number of amides is 1. The Balaban J connectivity index is 3.05. The van der Waals surface area contributed by atoms with Gasteiger partial charge in [0.1, 0.15) is 0 Å². The minimum atomic E-state index is -0.350. The topological polar surface area (TPSA) is 55.5 Å². The third-order valence-electron chi connectivity index (χ3n) is 1.28. The molecule has 0 spiro atoms. The van der Waals surface area contributed by atoms with Gasteiger partial charge >= 0.3 is 0 Å². The summed E-state index contributed by atoms with van der Waals surface area (Å²) in [6, 6.07) is 6.62. The summed E-state index contributed by atoms with van der Waals surface area (Å²) in [5.41, 5.74) is 6.46. The molecule has 3 nitrogen and oxygen atoms in total. The summed E-state index contributed by atoms with van der Waals surface area (Å²) in [5, 5.41) is 0. The van der Waals surface area contributed by atoms with Crippen molar-refractivity contribution >= 4 is 18.3 Å². The molecular weight excluding hydrogens is 140 g/mol. The van der Waals surface area contributed by atoms with Crippen LogP contribution in [0.2, 0.25) is 0 Å². The largest absolute Gasteiger partial charge is 0.399 e. The molecule has 0 aliphatic rings. The summed E-state index contributed by atoms with van der Waals surface area (Å²) in [6.45, 7) is 3.13. The number of anilines is 1. The van der Waals surface area contributed by atoms with Crippen LogP contribution in [-0.4, -0.2) is 12.6 Å². The average molecular weight is 148 g/mol. The number of carbonyl (C=O) groups excluding carboxylic acids is 1. The van der Waals surface area contributed by atoms with Gasteiger partial charge in [0, 0.05) is 11.3 Å². The van der Waals surface area contributed by atoms with E-state index in [1.165, 1.54) is 0 Å². The lowest BCUT2D eigenvalue weighted by molar-refractivity contribution is 0.100. The molecule has 0 aliphatic carbocycles. The number of hydrogen-bond acceptors (Lipinski definition) is 2. The monoisotopic (exact) mass is 148 g/mol. The Kier molecular flexibility index (Phi) is 2.01. The Bertz CT molecular complexity index is 294. The van der Waals surface area contributed by atoms with E-state index in [0.29, 0.717) is 11.3 Å². The highest BCUT2D eigenvalue weighted by molar-refractivity contribution is 5.97. The Morgan fingerprint density at radius 1 is 1.55 bits per heavy atom. The van der Waals surface area contributed by atoms with E-state index >= 15 is 0 Å². The lowest BCUT2D eigenvalue weighted by Gasteiger charge is -1.95. The van der Waals surface area contributed by atoms with Crippen LogP contribution >= 0.6 is 0 Å². The van der Waals surface area contributed by atoms with Crippen LogP contribution in [0.3, 0.4) is 0 Å². The van der Waals surface area contributed by atoms with Gasteiger partial charge in [-0.1, -0.05) is 6.07 Å². The predicted molar refractivity (Wildman–Crippen MR) is 44.7 cm³/mol. The predicted octanol–water partition coefficient (Wildman–Crippen LogP) is 1.11. The van der Waals surface area contributed by atoms with Gasteiger partial charge in [-0.15, -0.1) is 0 Å². The zero-order valence-electron chi connectivity index (χ0n) is 5.95. The fourth-order valence-corrected chi connectivity index (χ4v) is 0.763. The highest BCUT2D eigenvalue weighted by atomic mass is 16.1. The molecule has 11 heavy (non-hydrogen) atoms. The second-order valence-corrected chi connectivity index (χ2v) is 2.09. The SMILES string of the molecule is C=NC(=O)c1cccc(N)c1. The van der Waals surface area contributed by atoms with E-state index < -0.39 is 0 Å². The number of aliphatic imine (C=N–C) groups is 1. The summed E-state index contributed by atoms with van der Waals surface area (Å²) in [6.07, 6.45) is 0. The maximum Gasteiger partial charge on any atom is 0.276 e. The smallest absolute Gasteiger partial charge is 0.276 e. The highest BCUT2D eigenvalue weighted by Gasteiger charge is 2.00. The van der Waals surface area contributed by atoms with Crippen molar-refractivity contribution in [3.05, 3.63) is 29.8 Å². The Hall–Kier alpha value is -1.64. The van der Waals surface area contributed by atoms with Crippen molar-refractivity contribution in [1.29, 1.82) is 0 Å². The maximum absolute atomic E-state index is 10.9. The Morgan fingerprint density at radius 3 is 2.82 bits per heavy atom. The van der Waals surface area contributed by atoms with Crippen molar-refractivity contribution in [3.63, 3.8) is 0 Å². The number of nitrogen functional groups attached to an aromatic ring is 1. The molecule has 2 N–H and O–H groups in total. The van der Waals surface area contributed by atoms with Gasteiger partial charge in [-0.05, 0) is 24.9 Å². The van der Waals surface area contributed by atoms with Crippen molar-refractivity contribution in [2.45, 2.75) is 0 Å². The number of nitrogens with zero attached hydrogens (tertiary/aromatic N) is 1. The molecule has 0 atom stereocenters. The summed E-state index contributed by atoms with van der Waals surface area (Å²) in [4.78, 5) is 14.1. The molecule has 3 heteroatoms. The number of rotatable bonds is 1. The van der Waals surface area contributed by atoms with Crippen LogP contribution in [0.25, 0.3) is 0 Å². The van der Waals surface area contributed by atoms with Crippen LogP contribution in [0.1, 0.15) is 10.4 Å². The van der Waals surface area contributed by atoms with E-state index in [2.05, 4.69) is 11.7 Å². The normalized spacial score (nSPS) is 9.09. The van der Waals surface area contributed by atoms with Crippen molar-refractivity contribution in [2.75, 3.05) is 5.73 Å². The molecule has 0 fully saturated rings. The molecule has 0 saturated heterocycles. The molecule has 0 heterocycles. The summed E-state index contributed by atoms with van der Waals surface area (Å²) in [7, 11) is 0. The maximum atomic E-state index is 10.9. The van der Waals surface area contributed by atoms with Gasteiger partial charge in [0.25, 0.3) is 5.91 Å². The van der Waals surface area contributed by atoms with Gasteiger partial charge in [-0.2, -0.15) is 0 Å². The van der Waals surface area contributed by atoms with Gasteiger partial charge in [-0.25, -0.2) is 4.99 Å². The average Bonchev–Trinajstić information content (AvgIpc) is 2.03. The van der Waals surface area contributed by atoms with Crippen LogP contribution in [0.4, 0.5) is 5.69 Å². The molecule has 0 aromatic heterocycles. The summed E-state index contributed by atoms with van der Waals surface area (Å²) >= 11 is 0. The zero-order chi connectivity index (χ0) is 8.27. The summed E-state index contributed by atoms with van der Waals surface area (Å²) in [5.74, 6) is -0.350. The number of benzene rings is 1. The first-order valence-electron chi connectivity index (χ1n) is 3.10. The van der Waals surface area contributed by atoms with Crippen molar-refractivity contribution in [1.82, 2.24) is 0 Å². The fraction of sp³-hybridized carbons (Fsp3) is 0. The van der Waals surface area contributed by atoms with E-state index in [4.69, 9.17) is 5.73 Å². The molecule has 1 aromatic carbocycles. The quantitative estimate of drug-likeness (QED) is 0.479. The molecule has 0 bridgehead atoms. The first-order chi connectivity index (χ1) is 5.24. The van der Waals surface area contributed by atoms with Crippen molar-refractivity contribution in [2.24, 2.45) is 4.99 Å². The molecule has 1 rings (SSSR count). The van der Waals surface area contributed by atoms with Gasteiger partial charge in [-0.3, -0.25) is 4.79 Å². The zero-order valence-corrected chi connectivity index (χ0v) is 5.95. The van der Waals surface area contributed by atoms with Crippen molar-refractivity contribution < 1.29 is 4.79 Å². The van der Waals surface area contributed by atoms with Gasteiger partial charge in [0.05, 0.1) is 0 Å². The number of nitrogens with two attached hydrogens (primary N) is 1. The molecule has 0 saturated carbocycles. The van der Waals surface area contributed by atoms with E-state index in [1.54, 1.807) is 24.3 Å². The van der Waals surface area contributed by atoms with E-state index in [0.717, 1.165) is 0 Å². The van der Waals surface area contributed by atoms with E-state index in [1.807, 2.05) is 0 Å². The molecule has 1 amide bonds. The van der Waals surface area contributed by atoms with Crippen LogP contribution in [0, 0.1) is 0 Å². The first-order valence-corrected chi connectivity index (χ1v) is 3.10. The lowest BCUT2D eigenvalue weighted by Crippen LogP contribution is -1.94. The van der Waals surface area contributed by atoms with E-state index in [-0.39, 0.29) is 5.91 Å². The second-order valence-electron chi connectivity index (χ2n) is 2.09. The van der Waals surface area contributed by atoms with Gasteiger partial charge in [0.2, 0.25) is 0 Å². The third kappa shape index (κ3) is 1.64. The molecule has 56 valence electrons. The molecular formula is C8H8N2O. The van der Waals surface area contributed by atoms with Crippen LogP contribution in [0.5, 0.6) is 0 Å². The number of hydrogen-bond donors (Lipinski definition) is 1. The standard InChI is InChI=1S/C8H8N2O/c1-10-8(11)6-3-2-4-7(9)5-6/h2-5H,1,9H2. The number of carbonyl (C=O) groups is 1. The lowest BCUT2D eigenvalue weighted by atomic mass is 10.2. The fourth-order valence-electron chi connectivity index (χ4n) is 0.763. The van der Waals surface area contributed by atoms with Crippen LogP contribution < -0.4 is 5.73 Å². The van der Waals surface area contributed by atoms with E-state index in [9.17, 15) is 4.79 Å². The minimum Gasteiger partial charge on any atom is -0.399 e. The summed E-state index contributed by atoms with van der Waals surface area (Å²) < 4.78 is 0. The third-order valence-corrected chi connectivity index (χ3v) is 1.28. The molecule has 1 aromatic rings. The second kappa shape index (κ2) is 2.96. The van der Waals surface area contributed by atoms with Crippen molar-refractivity contribution in [3.8, 4) is 0 Å². The van der Waals surface area contributed by atoms with Crippen LogP contribution in [-0.2, 0) is 0 Å². The Morgan fingerprint density at radius 2 is 2.27 bits per heavy atom. The van der Waals surface area contributed by atoms with Gasteiger partial charge in [0.15, 0.2) is 0 Å². The molecule has 0 unspecified atom stereocenters. The van der Waals surface area contributed by atoms with Crippen LogP contribution in [0.15, 0.2) is 29.3 Å². The van der Waals surface area contributed by atoms with Gasteiger partial charge < -0.3 is 5.73 Å². The Labute approximate surface area is 64.6 Å².